The molecule has 0 radical (unpaired) electrons. The van der Waals surface area contributed by atoms with E-state index >= 15 is 0 Å². The van der Waals surface area contributed by atoms with Crippen LogP contribution in [0.4, 0.5) is 0 Å². The zero-order valence-electron chi connectivity index (χ0n) is 7.45. The molecule has 0 bridgehead atoms. The van der Waals surface area contributed by atoms with Crippen LogP contribution in [0, 0.1) is 0 Å². The number of rotatable bonds is 4. The molecule has 1 heterocycles. The number of H-pyrrole nitrogens is 1. The highest BCUT2D eigenvalue weighted by atomic mass is 16.3. The van der Waals surface area contributed by atoms with Crippen LogP contribution in [0.15, 0.2) is 6.33 Å². The van der Waals surface area contributed by atoms with Crippen LogP contribution < -0.4 is 5.73 Å². The van der Waals surface area contributed by atoms with Gasteiger partial charge < -0.3 is 15.8 Å². The summed E-state index contributed by atoms with van der Waals surface area (Å²) in [6, 6.07) is 0. The van der Waals surface area contributed by atoms with E-state index in [0.29, 0.717) is 12.1 Å². The topological polar surface area (TPSA) is 92.0 Å². The Kier molecular flexibility index (Phi) is 3.02. The number of hydrogen-bond donors (Lipinski definition) is 3. The molecule has 0 aromatic carbocycles. The van der Waals surface area contributed by atoms with Crippen LogP contribution in [0.2, 0.25) is 0 Å². The van der Waals surface area contributed by atoms with Crippen molar-refractivity contribution in [2.45, 2.75) is 25.9 Å². The van der Waals surface area contributed by atoms with Crippen molar-refractivity contribution >= 4 is 5.91 Å². The molecule has 1 unspecified atom stereocenters. The third-order valence-corrected chi connectivity index (χ3v) is 1.80. The number of nitrogens with two attached hydrogens (primary N) is 1. The number of carbonyl (C=O) groups is 1. The number of amides is 1. The SMILES string of the molecule is CCCC(O)c1[nH]cnc1C(N)=O. The molecule has 0 saturated carbocycles. The lowest BCUT2D eigenvalue weighted by Crippen LogP contribution is -2.15. The lowest BCUT2D eigenvalue weighted by atomic mass is 10.1. The zero-order chi connectivity index (χ0) is 9.84. The number of carbonyl (C=O) groups excluding carboxylic acids is 1. The molecule has 0 spiro atoms. The Bertz CT molecular complexity index is 295. The number of primary amides is 1. The third kappa shape index (κ3) is 2.06. The minimum atomic E-state index is -0.685. The van der Waals surface area contributed by atoms with E-state index in [2.05, 4.69) is 9.97 Å². The molecule has 0 aliphatic heterocycles. The number of aliphatic hydroxyl groups is 1. The predicted octanol–water partition coefficient (Wildman–Crippen LogP) is 0.342. The molecule has 72 valence electrons. The van der Waals surface area contributed by atoms with Crippen LogP contribution in [0.25, 0.3) is 0 Å². The molecule has 0 aliphatic rings. The number of aliphatic hydroxyl groups excluding tert-OH is 1. The van der Waals surface area contributed by atoms with Gasteiger partial charge in [-0.2, -0.15) is 0 Å². The number of aromatic amines is 1. The summed E-state index contributed by atoms with van der Waals surface area (Å²) in [6.45, 7) is 1.95. The van der Waals surface area contributed by atoms with Crippen molar-refractivity contribution in [2.75, 3.05) is 0 Å². The molecule has 1 atom stereocenters. The summed E-state index contributed by atoms with van der Waals surface area (Å²) in [6.07, 6.45) is 2.09. The number of hydrogen-bond acceptors (Lipinski definition) is 3. The largest absolute Gasteiger partial charge is 0.387 e. The minimum Gasteiger partial charge on any atom is -0.387 e. The monoisotopic (exact) mass is 183 g/mol. The first-order valence-electron chi connectivity index (χ1n) is 4.18. The maximum absolute atomic E-state index is 10.8. The van der Waals surface area contributed by atoms with E-state index < -0.39 is 12.0 Å². The molecule has 0 aliphatic carbocycles. The predicted molar refractivity (Wildman–Crippen MR) is 47.0 cm³/mol. The van der Waals surface area contributed by atoms with E-state index in [-0.39, 0.29) is 5.69 Å². The van der Waals surface area contributed by atoms with Gasteiger partial charge in [0.15, 0.2) is 5.69 Å². The molecule has 0 fully saturated rings. The van der Waals surface area contributed by atoms with Gasteiger partial charge in [-0.1, -0.05) is 13.3 Å². The number of nitrogens with one attached hydrogen (secondary N) is 1. The van der Waals surface area contributed by atoms with Gasteiger partial charge in [-0.05, 0) is 6.42 Å². The van der Waals surface area contributed by atoms with E-state index in [1.54, 1.807) is 0 Å². The highest BCUT2D eigenvalue weighted by molar-refractivity contribution is 5.92. The molecule has 0 saturated heterocycles. The lowest BCUT2D eigenvalue weighted by molar-refractivity contribution is 0.0985. The van der Waals surface area contributed by atoms with Gasteiger partial charge in [-0.25, -0.2) is 4.98 Å². The summed E-state index contributed by atoms with van der Waals surface area (Å²) in [5, 5.41) is 9.56. The van der Waals surface area contributed by atoms with E-state index in [9.17, 15) is 9.90 Å². The third-order valence-electron chi connectivity index (χ3n) is 1.80. The lowest BCUT2D eigenvalue weighted by Gasteiger charge is -2.07. The second-order valence-electron chi connectivity index (χ2n) is 2.83. The van der Waals surface area contributed by atoms with Crippen LogP contribution in [0.5, 0.6) is 0 Å². The molecule has 1 aromatic heterocycles. The van der Waals surface area contributed by atoms with E-state index in [1.165, 1.54) is 6.33 Å². The first kappa shape index (κ1) is 9.73. The number of aromatic nitrogens is 2. The van der Waals surface area contributed by atoms with Gasteiger partial charge in [0.25, 0.3) is 5.91 Å². The molecule has 1 aromatic rings. The second-order valence-corrected chi connectivity index (χ2v) is 2.83. The fourth-order valence-corrected chi connectivity index (χ4v) is 1.17. The second kappa shape index (κ2) is 4.04. The van der Waals surface area contributed by atoms with E-state index in [0.717, 1.165) is 6.42 Å². The summed E-state index contributed by atoms with van der Waals surface area (Å²) in [4.78, 5) is 17.3. The van der Waals surface area contributed by atoms with Crippen LogP contribution in [0.3, 0.4) is 0 Å². The maximum Gasteiger partial charge on any atom is 0.269 e. The van der Waals surface area contributed by atoms with Crippen molar-refractivity contribution in [2.24, 2.45) is 5.73 Å². The fraction of sp³-hybridized carbons (Fsp3) is 0.500. The van der Waals surface area contributed by atoms with Gasteiger partial charge >= 0.3 is 0 Å². The smallest absolute Gasteiger partial charge is 0.269 e. The van der Waals surface area contributed by atoms with Crippen molar-refractivity contribution in [1.82, 2.24) is 9.97 Å². The average molecular weight is 183 g/mol. The van der Waals surface area contributed by atoms with Gasteiger partial charge in [0.1, 0.15) is 0 Å². The van der Waals surface area contributed by atoms with Crippen molar-refractivity contribution < 1.29 is 9.90 Å². The molecule has 1 amide bonds. The molecule has 5 heteroatoms. The van der Waals surface area contributed by atoms with Crippen molar-refractivity contribution in [3.05, 3.63) is 17.7 Å². The number of imidazole rings is 1. The fourth-order valence-electron chi connectivity index (χ4n) is 1.17. The van der Waals surface area contributed by atoms with Gasteiger partial charge in [-0.15, -0.1) is 0 Å². The van der Waals surface area contributed by atoms with Crippen LogP contribution in [0.1, 0.15) is 42.1 Å². The molecule has 13 heavy (non-hydrogen) atoms. The van der Waals surface area contributed by atoms with Gasteiger partial charge in [0.05, 0.1) is 18.1 Å². The molecular formula is C8H13N3O2. The standard InChI is InChI=1S/C8H13N3O2/c1-2-3-5(12)6-7(8(9)13)11-4-10-6/h4-5,12H,2-3H2,1H3,(H2,9,13)(H,10,11). The summed E-state index contributed by atoms with van der Waals surface area (Å²) < 4.78 is 0. The Morgan fingerprint density at radius 3 is 3.08 bits per heavy atom. The van der Waals surface area contributed by atoms with Gasteiger partial charge in [0, 0.05) is 0 Å². The summed E-state index contributed by atoms with van der Waals surface area (Å²) in [5.74, 6) is -0.619. The highest BCUT2D eigenvalue weighted by Crippen LogP contribution is 2.18. The summed E-state index contributed by atoms with van der Waals surface area (Å²) in [7, 11) is 0. The molecule has 4 N–H and O–H groups in total. The summed E-state index contributed by atoms with van der Waals surface area (Å²) >= 11 is 0. The molecule has 5 nitrogen and oxygen atoms in total. The average Bonchev–Trinajstić information content (AvgIpc) is 2.52. The Labute approximate surface area is 76.0 Å². The highest BCUT2D eigenvalue weighted by Gasteiger charge is 2.17. The molecule has 1 rings (SSSR count). The van der Waals surface area contributed by atoms with E-state index in [1.807, 2.05) is 6.92 Å². The van der Waals surface area contributed by atoms with Crippen LogP contribution >= 0.6 is 0 Å². The van der Waals surface area contributed by atoms with Gasteiger partial charge in [0.2, 0.25) is 0 Å². The Morgan fingerprint density at radius 2 is 2.54 bits per heavy atom. The Hall–Kier alpha value is -1.36. The zero-order valence-corrected chi connectivity index (χ0v) is 7.45. The Morgan fingerprint density at radius 1 is 1.85 bits per heavy atom. The quantitative estimate of drug-likeness (QED) is 0.628. The molecular weight excluding hydrogens is 170 g/mol. The summed E-state index contributed by atoms with van der Waals surface area (Å²) in [5.41, 5.74) is 5.60. The van der Waals surface area contributed by atoms with Crippen molar-refractivity contribution in [3.8, 4) is 0 Å². The van der Waals surface area contributed by atoms with Crippen molar-refractivity contribution in [3.63, 3.8) is 0 Å². The normalized spacial score (nSPS) is 12.8. The Balaban J connectivity index is 2.86. The van der Waals surface area contributed by atoms with E-state index in [4.69, 9.17) is 5.73 Å². The first-order chi connectivity index (χ1) is 6.16. The first-order valence-corrected chi connectivity index (χ1v) is 4.18. The van der Waals surface area contributed by atoms with Crippen LogP contribution in [-0.4, -0.2) is 21.0 Å². The number of nitrogens with zero attached hydrogens (tertiary/aromatic N) is 1. The maximum atomic E-state index is 10.8. The van der Waals surface area contributed by atoms with Gasteiger partial charge in [-0.3, -0.25) is 4.79 Å². The minimum absolute atomic E-state index is 0.126. The van der Waals surface area contributed by atoms with Crippen molar-refractivity contribution in [1.29, 1.82) is 0 Å². The van der Waals surface area contributed by atoms with Crippen LogP contribution in [-0.2, 0) is 0 Å².